The predicted octanol–water partition coefficient (Wildman–Crippen LogP) is 4.30. The molecule has 162 valence electrons. The maximum atomic E-state index is 13.8. The van der Waals surface area contributed by atoms with Crippen LogP contribution in [-0.4, -0.2) is 20.4 Å². The number of rotatable bonds is 8. The SMILES string of the molecule is CC(Nc1ccc(NC(=O)[C@H](C)NS(=O)(=O)c2ccccc2F)cc1)c1ccccc1. The summed E-state index contributed by atoms with van der Waals surface area (Å²) in [6.45, 7) is 3.44. The molecule has 0 heterocycles. The monoisotopic (exact) mass is 441 g/mol. The molecule has 1 unspecified atom stereocenters. The molecule has 1 amide bonds. The third kappa shape index (κ3) is 5.90. The van der Waals surface area contributed by atoms with Gasteiger partial charge in [0.05, 0.1) is 6.04 Å². The van der Waals surface area contributed by atoms with Crippen molar-refractivity contribution in [3.63, 3.8) is 0 Å². The summed E-state index contributed by atoms with van der Waals surface area (Å²) in [5, 5.41) is 6.03. The highest BCUT2D eigenvalue weighted by Crippen LogP contribution is 2.21. The first-order valence-corrected chi connectivity index (χ1v) is 11.2. The number of halogens is 1. The van der Waals surface area contributed by atoms with E-state index < -0.39 is 32.7 Å². The van der Waals surface area contributed by atoms with E-state index in [0.29, 0.717) is 5.69 Å². The quantitative estimate of drug-likeness (QED) is 0.486. The highest BCUT2D eigenvalue weighted by atomic mass is 32.2. The zero-order valence-corrected chi connectivity index (χ0v) is 18.0. The molecule has 3 aromatic carbocycles. The van der Waals surface area contributed by atoms with Crippen LogP contribution < -0.4 is 15.4 Å². The van der Waals surface area contributed by atoms with Crippen LogP contribution in [0.4, 0.5) is 15.8 Å². The van der Waals surface area contributed by atoms with E-state index in [0.717, 1.165) is 23.4 Å². The average molecular weight is 442 g/mol. The van der Waals surface area contributed by atoms with Gasteiger partial charge in [-0.1, -0.05) is 42.5 Å². The Morgan fingerprint density at radius 1 is 0.839 bits per heavy atom. The summed E-state index contributed by atoms with van der Waals surface area (Å²) in [6, 6.07) is 21.1. The fourth-order valence-electron chi connectivity index (χ4n) is 2.99. The third-order valence-electron chi connectivity index (χ3n) is 4.69. The van der Waals surface area contributed by atoms with Crippen molar-refractivity contribution in [3.8, 4) is 0 Å². The largest absolute Gasteiger partial charge is 0.379 e. The van der Waals surface area contributed by atoms with E-state index in [2.05, 4.69) is 15.4 Å². The topological polar surface area (TPSA) is 87.3 Å². The van der Waals surface area contributed by atoms with Crippen LogP contribution in [0.1, 0.15) is 25.5 Å². The van der Waals surface area contributed by atoms with E-state index in [1.807, 2.05) is 49.4 Å². The zero-order valence-electron chi connectivity index (χ0n) is 17.2. The molecule has 0 saturated heterocycles. The van der Waals surface area contributed by atoms with Crippen LogP contribution in [0.15, 0.2) is 83.8 Å². The van der Waals surface area contributed by atoms with Gasteiger partial charge < -0.3 is 10.6 Å². The second kappa shape index (κ2) is 9.72. The maximum Gasteiger partial charge on any atom is 0.244 e. The first-order valence-electron chi connectivity index (χ1n) is 9.75. The highest BCUT2D eigenvalue weighted by molar-refractivity contribution is 7.89. The minimum absolute atomic E-state index is 0.106. The summed E-state index contributed by atoms with van der Waals surface area (Å²) in [7, 11) is -4.17. The Hall–Kier alpha value is -3.23. The van der Waals surface area contributed by atoms with Crippen molar-refractivity contribution in [3.05, 3.63) is 90.2 Å². The van der Waals surface area contributed by atoms with Crippen molar-refractivity contribution in [2.75, 3.05) is 10.6 Å². The van der Waals surface area contributed by atoms with Gasteiger partial charge in [-0.3, -0.25) is 4.79 Å². The van der Waals surface area contributed by atoms with Crippen LogP contribution in [0.25, 0.3) is 0 Å². The van der Waals surface area contributed by atoms with Gasteiger partial charge >= 0.3 is 0 Å². The molecule has 0 saturated carbocycles. The second-order valence-electron chi connectivity index (χ2n) is 7.12. The van der Waals surface area contributed by atoms with E-state index >= 15 is 0 Å². The van der Waals surface area contributed by atoms with Crippen LogP contribution in [0.5, 0.6) is 0 Å². The zero-order chi connectivity index (χ0) is 22.4. The fourth-order valence-corrected chi connectivity index (χ4v) is 4.27. The van der Waals surface area contributed by atoms with Gasteiger partial charge in [-0.25, -0.2) is 12.8 Å². The van der Waals surface area contributed by atoms with Crippen molar-refractivity contribution in [2.24, 2.45) is 0 Å². The molecule has 3 rings (SSSR count). The summed E-state index contributed by atoms with van der Waals surface area (Å²) < 4.78 is 40.7. The van der Waals surface area contributed by atoms with Gasteiger partial charge in [-0.15, -0.1) is 0 Å². The summed E-state index contributed by atoms with van der Waals surface area (Å²) in [5.41, 5.74) is 2.54. The number of hydrogen-bond acceptors (Lipinski definition) is 4. The number of benzene rings is 3. The van der Waals surface area contributed by atoms with Gasteiger partial charge in [0.2, 0.25) is 15.9 Å². The van der Waals surface area contributed by atoms with Gasteiger partial charge in [-0.05, 0) is 55.8 Å². The lowest BCUT2D eigenvalue weighted by Gasteiger charge is -2.17. The number of sulfonamides is 1. The van der Waals surface area contributed by atoms with Crippen molar-refractivity contribution in [1.29, 1.82) is 0 Å². The molecule has 0 bridgehead atoms. The standard InChI is InChI=1S/C23H24FN3O3S/c1-16(18-8-4-3-5-9-18)25-19-12-14-20(15-13-19)26-23(28)17(2)27-31(29,30)22-11-7-6-10-21(22)24/h3-17,25,27H,1-2H3,(H,26,28)/t16?,17-/m0/s1. The Morgan fingerprint density at radius 2 is 1.42 bits per heavy atom. The molecule has 0 aliphatic rings. The van der Waals surface area contributed by atoms with Crippen molar-refractivity contribution in [1.82, 2.24) is 4.72 Å². The minimum atomic E-state index is -4.17. The number of carbonyl (C=O) groups is 1. The molecule has 3 N–H and O–H groups in total. The highest BCUT2D eigenvalue weighted by Gasteiger charge is 2.24. The Bertz CT molecular complexity index is 1140. The Kier molecular flexibility index (Phi) is 7.04. The molecule has 0 fully saturated rings. The summed E-state index contributed by atoms with van der Waals surface area (Å²) >= 11 is 0. The van der Waals surface area contributed by atoms with Crippen molar-refractivity contribution < 1.29 is 17.6 Å². The predicted molar refractivity (Wildman–Crippen MR) is 120 cm³/mol. The fraction of sp³-hybridized carbons (Fsp3) is 0.174. The number of anilines is 2. The lowest BCUT2D eigenvalue weighted by Crippen LogP contribution is -2.41. The number of carbonyl (C=O) groups excluding carboxylic acids is 1. The minimum Gasteiger partial charge on any atom is -0.379 e. The van der Waals surface area contributed by atoms with Gasteiger partial charge in [0, 0.05) is 17.4 Å². The number of amides is 1. The molecule has 0 aliphatic carbocycles. The van der Waals surface area contributed by atoms with Crippen LogP contribution >= 0.6 is 0 Å². The van der Waals surface area contributed by atoms with Crippen molar-refractivity contribution in [2.45, 2.75) is 30.8 Å². The molecule has 0 spiro atoms. The van der Waals surface area contributed by atoms with E-state index in [1.54, 1.807) is 12.1 Å². The van der Waals surface area contributed by atoms with E-state index in [4.69, 9.17) is 0 Å². The molecule has 31 heavy (non-hydrogen) atoms. The van der Waals surface area contributed by atoms with Crippen LogP contribution in [-0.2, 0) is 14.8 Å². The first kappa shape index (κ1) is 22.5. The normalized spacial score (nSPS) is 13.3. The summed E-state index contributed by atoms with van der Waals surface area (Å²) in [4.78, 5) is 11.9. The van der Waals surface area contributed by atoms with Crippen molar-refractivity contribution >= 4 is 27.3 Å². The Labute approximate surface area is 181 Å². The first-order chi connectivity index (χ1) is 14.8. The lowest BCUT2D eigenvalue weighted by atomic mass is 10.1. The molecule has 0 aromatic heterocycles. The smallest absolute Gasteiger partial charge is 0.244 e. The van der Waals surface area contributed by atoms with E-state index in [1.165, 1.54) is 19.1 Å². The maximum absolute atomic E-state index is 13.8. The molecule has 3 aromatic rings. The summed E-state index contributed by atoms with van der Waals surface area (Å²) in [6.07, 6.45) is 0. The number of nitrogens with one attached hydrogen (secondary N) is 3. The van der Waals surface area contributed by atoms with Gasteiger partial charge in [0.15, 0.2) is 0 Å². The Morgan fingerprint density at radius 3 is 2.06 bits per heavy atom. The van der Waals surface area contributed by atoms with Gasteiger partial charge in [0.25, 0.3) is 0 Å². The average Bonchev–Trinajstić information content (AvgIpc) is 2.75. The van der Waals surface area contributed by atoms with Crippen LogP contribution in [0, 0.1) is 5.82 Å². The van der Waals surface area contributed by atoms with E-state index in [9.17, 15) is 17.6 Å². The molecule has 6 nitrogen and oxygen atoms in total. The summed E-state index contributed by atoms with van der Waals surface area (Å²) in [5.74, 6) is -1.44. The lowest BCUT2D eigenvalue weighted by molar-refractivity contribution is -0.117. The van der Waals surface area contributed by atoms with E-state index in [-0.39, 0.29) is 6.04 Å². The van der Waals surface area contributed by atoms with Crippen LogP contribution in [0.2, 0.25) is 0 Å². The molecule has 0 aliphatic heterocycles. The van der Waals surface area contributed by atoms with Gasteiger partial charge in [-0.2, -0.15) is 4.72 Å². The molecule has 8 heteroatoms. The van der Waals surface area contributed by atoms with Crippen LogP contribution in [0.3, 0.4) is 0 Å². The number of hydrogen-bond donors (Lipinski definition) is 3. The molecular weight excluding hydrogens is 417 g/mol. The molecular formula is C23H24FN3O3S. The molecule has 2 atom stereocenters. The molecule has 0 radical (unpaired) electrons. The van der Waals surface area contributed by atoms with Gasteiger partial charge in [0.1, 0.15) is 10.7 Å². The Balaban J connectivity index is 1.59. The second-order valence-corrected chi connectivity index (χ2v) is 8.80. The third-order valence-corrected chi connectivity index (χ3v) is 6.26.